The first-order valence-corrected chi connectivity index (χ1v) is 6.71. The number of benzene rings is 1. The van der Waals surface area contributed by atoms with Gasteiger partial charge in [-0.05, 0) is 44.9 Å². The van der Waals surface area contributed by atoms with Gasteiger partial charge in [0.25, 0.3) is 5.91 Å². The van der Waals surface area contributed by atoms with Crippen molar-refractivity contribution in [3.8, 4) is 5.75 Å². The Morgan fingerprint density at radius 2 is 2.00 bits per heavy atom. The van der Waals surface area contributed by atoms with Crippen LogP contribution in [0.3, 0.4) is 0 Å². The Balaban J connectivity index is 2.47. The van der Waals surface area contributed by atoms with Crippen LogP contribution >= 0.6 is 0 Å². The van der Waals surface area contributed by atoms with Crippen molar-refractivity contribution in [2.75, 3.05) is 13.2 Å². The quantitative estimate of drug-likeness (QED) is 0.824. The normalized spacial score (nSPS) is 11.6. The van der Waals surface area contributed by atoms with Crippen LogP contribution in [0.5, 0.6) is 5.75 Å². The van der Waals surface area contributed by atoms with E-state index in [0.717, 1.165) is 11.1 Å². The lowest BCUT2D eigenvalue weighted by molar-refractivity contribution is -0.129. The first kappa shape index (κ1) is 16.0. The maximum atomic E-state index is 11.7. The minimum absolute atomic E-state index is 0.103. The summed E-state index contributed by atoms with van der Waals surface area (Å²) < 4.78 is 5.48. The summed E-state index contributed by atoms with van der Waals surface area (Å²) in [6.07, 6.45) is 0. The molecule has 0 bridgehead atoms. The van der Waals surface area contributed by atoms with Crippen LogP contribution in [0.25, 0.3) is 0 Å². The van der Waals surface area contributed by atoms with Gasteiger partial charge in [0.2, 0.25) is 5.91 Å². The van der Waals surface area contributed by atoms with Crippen molar-refractivity contribution in [3.63, 3.8) is 0 Å². The van der Waals surface area contributed by atoms with Crippen molar-refractivity contribution in [1.29, 1.82) is 0 Å². The summed E-state index contributed by atoms with van der Waals surface area (Å²) in [5.74, 6) is 0.169. The van der Waals surface area contributed by atoms with Crippen molar-refractivity contribution in [2.24, 2.45) is 0 Å². The van der Waals surface area contributed by atoms with E-state index in [0.29, 0.717) is 12.3 Å². The fourth-order valence-electron chi connectivity index (χ4n) is 1.70. The third kappa shape index (κ3) is 4.57. The van der Waals surface area contributed by atoms with Crippen LogP contribution in [0.2, 0.25) is 0 Å². The Labute approximate surface area is 119 Å². The number of hydrogen-bond donors (Lipinski definition) is 2. The fraction of sp³-hybridized carbons (Fsp3) is 0.467. The zero-order valence-electron chi connectivity index (χ0n) is 12.4. The second kappa shape index (κ2) is 7.53. The monoisotopic (exact) mass is 278 g/mol. The summed E-state index contributed by atoms with van der Waals surface area (Å²) >= 11 is 0. The van der Waals surface area contributed by atoms with Crippen molar-refractivity contribution in [1.82, 2.24) is 10.6 Å². The number of carbonyl (C=O) groups excluding carboxylic acids is 2. The smallest absolute Gasteiger partial charge is 0.258 e. The van der Waals surface area contributed by atoms with Gasteiger partial charge in [-0.3, -0.25) is 9.59 Å². The van der Waals surface area contributed by atoms with Crippen LogP contribution in [0.15, 0.2) is 18.2 Å². The highest BCUT2D eigenvalue weighted by atomic mass is 16.5. The lowest BCUT2D eigenvalue weighted by Gasteiger charge is -2.14. The molecule has 0 aromatic heterocycles. The number of carbonyl (C=O) groups is 2. The maximum Gasteiger partial charge on any atom is 0.258 e. The molecule has 0 saturated heterocycles. The van der Waals surface area contributed by atoms with Crippen LogP contribution < -0.4 is 15.4 Å². The number of ether oxygens (including phenoxy) is 1. The van der Waals surface area contributed by atoms with E-state index in [4.69, 9.17) is 4.74 Å². The lowest BCUT2D eigenvalue weighted by Crippen LogP contribution is -2.46. The van der Waals surface area contributed by atoms with Gasteiger partial charge < -0.3 is 15.4 Å². The molecule has 0 radical (unpaired) electrons. The molecular weight excluding hydrogens is 256 g/mol. The van der Waals surface area contributed by atoms with E-state index in [-0.39, 0.29) is 18.4 Å². The van der Waals surface area contributed by atoms with Crippen LogP contribution in [0.4, 0.5) is 0 Å². The first-order chi connectivity index (χ1) is 9.45. The van der Waals surface area contributed by atoms with Gasteiger partial charge in [0.05, 0.1) is 0 Å². The van der Waals surface area contributed by atoms with E-state index in [9.17, 15) is 9.59 Å². The van der Waals surface area contributed by atoms with Gasteiger partial charge in [-0.1, -0.05) is 12.1 Å². The topological polar surface area (TPSA) is 67.4 Å². The predicted octanol–water partition coefficient (Wildman–Crippen LogP) is 1.32. The maximum absolute atomic E-state index is 11.7. The van der Waals surface area contributed by atoms with Gasteiger partial charge >= 0.3 is 0 Å². The molecule has 1 aromatic carbocycles. The molecule has 1 atom stereocenters. The standard InChI is InChI=1S/C15H22N2O3/c1-5-16-15(19)12(4)17-14(18)9-20-13-8-6-7-10(2)11(13)3/h6-8,12H,5,9H2,1-4H3,(H,16,19)(H,17,18)/t12-/m1/s1. The minimum atomic E-state index is -0.565. The second-order valence-electron chi connectivity index (χ2n) is 4.67. The largest absolute Gasteiger partial charge is 0.483 e. The summed E-state index contributed by atoms with van der Waals surface area (Å²) in [5.41, 5.74) is 2.12. The Morgan fingerprint density at radius 1 is 1.30 bits per heavy atom. The SMILES string of the molecule is CCNC(=O)[C@@H](C)NC(=O)COc1cccc(C)c1C. The molecule has 20 heavy (non-hydrogen) atoms. The third-order valence-electron chi connectivity index (χ3n) is 3.04. The summed E-state index contributed by atoms with van der Waals surface area (Å²) in [6.45, 7) is 7.84. The predicted molar refractivity (Wildman–Crippen MR) is 77.7 cm³/mol. The van der Waals surface area contributed by atoms with Crippen molar-refractivity contribution >= 4 is 11.8 Å². The van der Waals surface area contributed by atoms with Crippen LogP contribution in [-0.4, -0.2) is 31.0 Å². The molecule has 5 heteroatoms. The highest BCUT2D eigenvalue weighted by Gasteiger charge is 2.15. The van der Waals surface area contributed by atoms with Crippen molar-refractivity contribution in [2.45, 2.75) is 33.7 Å². The zero-order chi connectivity index (χ0) is 15.1. The average Bonchev–Trinajstić information content (AvgIpc) is 2.40. The molecule has 1 aromatic rings. The third-order valence-corrected chi connectivity index (χ3v) is 3.04. The highest BCUT2D eigenvalue weighted by Crippen LogP contribution is 2.20. The molecule has 5 nitrogen and oxygen atoms in total. The minimum Gasteiger partial charge on any atom is -0.483 e. The molecule has 0 fully saturated rings. The molecule has 0 saturated carbocycles. The van der Waals surface area contributed by atoms with Crippen LogP contribution in [0.1, 0.15) is 25.0 Å². The van der Waals surface area contributed by atoms with Gasteiger partial charge in [0.1, 0.15) is 11.8 Å². The van der Waals surface area contributed by atoms with E-state index in [1.54, 1.807) is 6.92 Å². The van der Waals surface area contributed by atoms with Gasteiger partial charge in [0, 0.05) is 6.54 Å². The molecule has 0 aliphatic carbocycles. The van der Waals surface area contributed by atoms with E-state index in [1.165, 1.54) is 0 Å². The molecule has 0 spiro atoms. The van der Waals surface area contributed by atoms with Crippen LogP contribution in [0, 0.1) is 13.8 Å². The van der Waals surface area contributed by atoms with Gasteiger partial charge in [-0.2, -0.15) is 0 Å². The molecule has 2 N–H and O–H groups in total. The van der Waals surface area contributed by atoms with E-state index in [2.05, 4.69) is 10.6 Å². The second-order valence-corrected chi connectivity index (χ2v) is 4.67. The number of hydrogen-bond acceptors (Lipinski definition) is 3. The summed E-state index contributed by atoms with van der Waals surface area (Å²) in [4.78, 5) is 23.2. The molecule has 1 rings (SSSR count). The number of aryl methyl sites for hydroxylation is 1. The highest BCUT2D eigenvalue weighted by molar-refractivity contribution is 5.87. The van der Waals surface area contributed by atoms with Gasteiger partial charge in [-0.15, -0.1) is 0 Å². The summed E-state index contributed by atoms with van der Waals surface area (Å²) in [5, 5.41) is 5.24. The number of rotatable bonds is 6. The Bertz CT molecular complexity index is 486. The Morgan fingerprint density at radius 3 is 2.65 bits per heavy atom. The van der Waals surface area contributed by atoms with Gasteiger partial charge in [0.15, 0.2) is 6.61 Å². The molecule has 0 aliphatic heterocycles. The first-order valence-electron chi connectivity index (χ1n) is 6.71. The lowest BCUT2D eigenvalue weighted by atomic mass is 10.1. The Hall–Kier alpha value is -2.04. The molecule has 0 heterocycles. The van der Waals surface area contributed by atoms with E-state index < -0.39 is 6.04 Å². The summed E-state index contributed by atoms with van der Waals surface area (Å²) in [6, 6.07) is 5.12. The fourth-order valence-corrected chi connectivity index (χ4v) is 1.70. The number of nitrogens with one attached hydrogen (secondary N) is 2. The van der Waals surface area contributed by atoms with Crippen LogP contribution in [-0.2, 0) is 9.59 Å². The zero-order valence-corrected chi connectivity index (χ0v) is 12.4. The molecule has 0 aliphatic rings. The Kier molecular flexibility index (Phi) is 6.03. The van der Waals surface area contributed by atoms with Crippen molar-refractivity contribution < 1.29 is 14.3 Å². The molecule has 2 amide bonds. The molecular formula is C15H22N2O3. The number of likely N-dealkylation sites (N-methyl/N-ethyl adjacent to an activating group) is 1. The summed E-state index contributed by atoms with van der Waals surface area (Å²) in [7, 11) is 0. The van der Waals surface area contributed by atoms with E-state index in [1.807, 2.05) is 39.0 Å². The molecule has 110 valence electrons. The van der Waals surface area contributed by atoms with E-state index >= 15 is 0 Å². The van der Waals surface area contributed by atoms with Gasteiger partial charge in [-0.25, -0.2) is 0 Å². The number of amides is 2. The molecule has 0 unspecified atom stereocenters. The van der Waals surface area contributed by atoms with Crippen molar-refractivity contribution in [3.05, 3.63) is 29.3 Å². The average molecular weight is 278 g/mol.